The fraction of sp³-hybridized carbons (Fsp3) is 0.314. The van der Waals surface area contributed by atoms with Crippen molar-refractivity contribution in [1.29, 1.82) is 0 Å². The Labute approximate surface area is 662 Å². The van der Waals surface area contributed by atoms with Crippen LogP contribution in [0.4, 0.5) is 17.6 Å². The Balaban J connectivity index is 0.000000369. The molecule has 28 heteroatoms. The highest BCUT2D eigenvalue weighted by Crippen LogP contribution is 2.30. The maximum absolute atomic E-state index is 12.1. The molecule has 0 fully saturated rings. The lowest BCUT2D eigenvalue weighted by Crippen LogP contribution is -2.21. The number of ether oxygens (including phenoxy) is 16. The van der Waals surface area contributed by atoms with Crippen molar-refractivity contribution in [2.75, 3.05) is 76.1 Å². The third-order valence-corrected chi connectivity index (χ3v) is 14.7. The van der Waals surface area contributed by atoms with Crippen LogP contribution in [-0.4, -0.2) is 154 Å². The van der Waals surface area contributed by atoms with E-state index in [9.17, 15) is 46.6 Å². The highest BCUT2D eigenvalue weighted by atomic mass is 19.3. The quantitative estimate of drug-likeness (QED) is 0.0189. The number of rotatable bonds is 35. The minimum atomic E-state index is -2.87. The Morgan fingerprint density at radius 2 is 0.614 bits per heavy atom. The van der Waals surface area contributed by atoms with E-state index in [2.05, 4.69) is 19.5 Å². The zero-order valence-corrected chi connectivity index (χ0v) is 63.8. The number of phenolic OH excluding ortho intramolecular Hbond substituents is 1. The Bertz CT molecular complexity index is 4280. The summed E-state index contributed by atoms with van der Waals surface area (Å²) in [5.74, 6) is 1.58. The fourth-order valence-electron chi connectivity index (χ4n) is 9.50. The van der Waals surface area contributed by atoms with Gasteiger partial charge in [-0.15, -0.1) is 0 Å². The normalized spacial score (nSPS) is 11.3. The molecule has 9 rings (SSSR count). The lowest BCUT2D eigenvalue weighted by Gasteiger charge is -2.16. The minimum Gasteiger partial charge on any atom is -0.508 e. The second-order valence-corrected chi connectivity index (χ2v) is 23.9. The molecule has 0 radical (unpaired) electrons. The van der Waals surface area contributed by atoms with Crippen LogP contribution >= 0.6 is 0 Å². The van der Waals surface area contributed by atoms with E-state index in [1.54, 1.807) is 82.5 Å². The second kappa shape index (κ2) is 52.9. The number of aliphatic hydroxyl groups excluding tert-OH is 1. The lowest BCUT2D eigenvalue weighted by atomic mass is 10.2. The van der Waals surface area contributed by atoms with Crippen molar-refractivity contribution in [3.63, 3.8) is 0 Å². The second-order valence-electron chi connectivity index (χ2n) is 23.9. The van der Waals surface area contributed by atoms with Crippen molar-refractivity contribution in [3.8, 4) is 57.5 Å². The average Bonchev–Trinajstić information content (AvgIpc) is 0.871. The highest BCUT2D eigenvalue weighted by Gasteiger charge is 2.19. The van der Waals surface area contributed by atoms with E-state index >= 15 is 0 Å². The summed E-state index contributed by atoms with van der Waals surface area (Å²) in [7, 11) is 9.78. The summed E-state index contributed by atoms with van der Waals surface area (Å²) in [4.78, 5) is 58.4. The molecule has 3 N–H and O–H groups in total. The molecule has 0 heterocycles. The number of methoxy groups -OCH3 is 6. The third kappa shape index (κ3) is 36.8. The van der Waals surface area contributed by atoms with E-state index in [0.717, 1.165) is 22.3 Å². The van der Waals surface area contributed by atoms with E-state index in [1.807, 2.05) is 128 Å². The summed E-state index contributed by atoms with van der Waals surface area (Å²) >= 11 is 0. The van der Waals surface area contributed by atoms with Gasteiger partial charge in [0.05, 0.1) is 84.2 Å². The summed E-state index contributed by atoms with van der Waals surface area (Å²) in [6.45, 7) is 2.29. The highest BCUT2D eigenvalue weighted by molar-refractivity contribution is 5.95. The van der Waals surface area contributed by atoms with Gasteiger partial charge >= 0.3 is 37.1 Å². The molecule has 1 amide bonds. The van der Waals surface area contributed by atoms with Gasteiger partial charge in [0, 0.05) is 50.1 Å². The van der Waals surface area contributed by atoms with Crippen molar-refractivity contribution in [2.45, 2.75) is 107 Å². The molecule has 9 aromatic carbocycles. The number of nitrogens with one attached hydrogen (secondary N) is 1. The van der Waals surface area contributed by atoms with Gasteiger partial charge in [0.1, 0.15) is 108 Å². The monoisotopic (exact) mass is 1590 g/mol. The molecule has 9 aromatic rings. The van der Waals surface area contributed by atoms with E-state index in [1.165, 1.54) is 79.0 Å². The van der Waals surface area contributed by atoms with Gasteiger partial charge < -0.3 is 91.3 Å². The molecule has 4 atom stereocenters. The first-order valence-electron chi connectivity index (χ1n) is 34.6. The predicted octanol–water partition coefficient (Wildman–Crippen LogP) is 16.4. The van der Waals surface area contributed by atoms with E-state index in [0.29, 0.717) is 101 Å². The van der Waals surface area contributed by atoms with Crippen LogP contribution < -0.4 is 47.9 Å². The summed E-state index contributed by atoms with van der Waals surface area (Å²) in [6, 6.07) is 62.0. The smallest absolute Gasteiger partial charge is 0.345 e. The molecule has 0 aliphatic heterocycles. The van der Waals surface area contributed by atoms with Gasteiger partial charge in [-0.05, 0) is 111 Å². The molecule has 0 aromatic heterocycles. The van der Waals surface area contributed by atoms with Gasteiger partial charge in [-0.1, -0.05) is 136 Å². The first-order chi connectivity index (χ1) is 53.9. The number of hydrogen-bond donors (Lipinski definition) is 3. The summed E-state index contributed by atoms with van der Waals surface area (Å²) in [5.41, 5.74) is 5.56. The lowest BCUT2D eigenvalue weighted by molar-refractivity contribution is -0.143. The van der Waals surface area contributed by atoms with E-state index in [4.69, 9.17) is 66.7 Å². The standard InChI is InChI=1S/C19H20F2O5.C19H22O5.C18H20O5.C15H14O4.C13H17F2NO4.2CH4/c1-13(11-25-19(20)21)26-17-9-15(18(22)23-2)8-16(10-17)24-12-14-6-4-3-5-7-14;1-14(12-21-2)24-18-10-16(19(20)22-3)9-17(11-18)23-13-15-7-5-4-6-8-15;1-13(11-19)23-17-9-15(18(20)21-2)8-16(10-17)22-12-14-6-4-3-5-7-14;1-18-15(17)12-7-13(16)9-14(8-12)19-10-11-5-3-2-4-6-11;1-8(7-19-13(14)15)20-11-5-9(12(17)16-2)4-10(6-11)18-3;;/h3-10,13,19H,11-12H2,1-2H3;4-11,14H,12-13H2,1-3H3;3-10,13,19H,11-12H2,1-2H3;2-9,16H,10H2,1H3;4-6,8,13H,7H2,1-3H3,(H,16,17);2*1H4/t13-;14-;13-;;8-;;/m000.0../s1. The third-order valence-electron chi connectivity index (χ3n) is 14.7. The van der Waals surface area contributed by atoms with Crippen molar-refractivity contribution in [1.82, 2.24) is 5.32 Å². The Kier molecular flexibility index (Phi) is 44.6. The maximum Gasteiger partial charge on any atom is 0.345 e. The molecule has 0 unspecified atom stereocenters. The molecular formula is C86H101F4NO23. The van der Waals surface area contributed by atoms with Gasteiger partial charge in [-0.25, -0.2) is 19.2 Å². The minimum absolute atomic E-state index is 0. The number of halogens is 4. The van der Waals surface area contributed by atoms with Crippen LogP contribution in [0.15, 0.2) is 212 Å². The van der Waals surface area contributed by atoms with E-state index < -0.39 is 49.3 Å². The largest absolute Gasteiger partial charge is 0.508 e. The predicted molar refractivity (Wildman–Crippen MR) is 419 cm³/mol. The van der Waals surface area contributed by atoms with Crippen LogP contribution in [0.2, 0.25) is 0 Å². The molecule has 114 heavy (non-hydrogen) atoms. The number of aromatic hydroxyl groups is 1. The summed E-state index contributed by atoms with van der Waals surface area (Å²) in [6.07, 6.45) is -1.76. The Morgan fingerprint density at radius 3 is 0.895 bits per heavy atom. The number of esters is 4. The molecule has 0 aliphatic carbocycles. The Hall–Kier alpha value is -12.1. The number of aliphatic hydroxyl groups is 1. The molecule has 0 saturated carbocycles. The molecule has 0 saturated heterocycles. The van der Waals surface area contributed by atoms with Gasteiger partial charge in [0.15, 0.2) is 0 Å². The number of carbonyl (C=O) groups is 5. The SMILES string of the molecule is C.C.CNC(=O)c1cc(OC)cc(O[C@@H](C)COC(F)F)c1.COC(=O)c1cc(O)cc(OCc2ccccc2)c1.COC(=O)c1cc(OCc2ccccc2)cc(O[C@@H](C)CO)c1.COC(=O)c1cc(OCc2ccccc2)cc(O[C@@H](C)COC(F)F)c1.COC[C@H](C)Oc1cc(OCc2ccccc2)cc(C(=O)OC)c1. The van der Waals surface area contributed by atoms with Crippen LogP contribution in [0.25, 0.3) is 0 Å². The summed E-state index contributed by atoms with van der Waals surface area (Å²) < 4.78 is 130. The van der Waals surface area contributed by atoms with Gasteiger partial charge in [-0.2, -0.15) is 17.6 Å². The van der Waals surface area contributed by atoms with Crippen molar-refractivity contribution >= 4 is 29.8 Å². The number of amides is 1. The van der Waals surface area contributed by atoms with Gasteiger partial charge in [0.2, 0.25) is 0 Å². The molecule has 0 spiro atoms. The van der Waals surface area contributed by atoms with Crippen molar-refractivity contribution in [3.05, 3.63) is 262 Å². The molecule has 24 nitrogen and oxygen atoms in total. The topological polar surface area (TPSA) is 286 Å². The maximum atomic E-state index is 12.1. The molecule has 0 aliphatic rings. The van der Waals surface area contributed by atoms with Crippen LogP contribution in [0.3, 0.4) is 0 Å². The zero-order chi connectivity index (χ0) is 81.7. The molecule has 616 valence electrons. The average molecular weight is 1590 g/mol. The number of phenols is 1. The zero-order valence-electron chi connectivity index (χ0n) is 63.8. The van der Waals surface area contributed by atoms with Crippen molar-refractivity contribution in [2.24, 2.45) is 0 Å². The number of hydrogen-bond acceptors (Lipinski definition) is 23. The summed E-state index contributed by atoms with van der Waals surface area (Å²) in [5, 5.41) is 21.1. The van der Waals surface area contributed by atoms with Gasteiger partial charge in [-0.3, -0.25) is 4.79 Å². The number of alkyl halides is 4. The van der Waals surface area contributed by atoms with Crippen LogP contribution in [0.1, 0.15) is 117 Å². The van der Waals surface area contributed by atoms with E-state index in [-0.39, 0.29) is 69.7 Å². The first-order valence-corrected chi connectivity index (χ1v) is 34.6. The number of carbonyl (C=O) groups excluding carboxylic acids is 5. The van der Waals surface area contributed by atoms with Crippen molar-refractivity contribution < 1.29 is 128 Å². The van der Waals surface area contributed by atoms with Crippen LogP contribution in [0, 0.1) is 0 Å². The molecular weight excluding hydrogens is 1490 g/mol. The molecule has 0 bridgehead atoms. The first kappa shape index (κ1) is 96.1. The number of benzene rings is 9. The Morgan fingerprint density at radius 1 is 0.351 bits per heavy atom. The fourth-order valence-corrected chi connectivity index (χ4v) is 9.50. The van der Waals surface area contributed by atoms with Gasteiger partial charge in [0.25, 0.3) is 5.91 Å². The van der Waals surface area contributed by atoms with Crippen LogP contribution in [0.5, 0.6) is 57.5 Å². The van der Waals surface area contributed by atoms with Crippen LogP contribution in [-0.2, 0) is 59.6 Å².